The summed E-state index contributed by atoms with van der Waals surface area (Å²) in [7, 11) is 0. The van der Waals surface area contributed by atoms with Crippen LogP contribution >= 0.6 is 0 Å². The summed E-state index contributed by atoms with van der Waals surface area (Å²) >= 11 is 0. The summed E-state index contributed by atoms with van der Waals surface area (Å²) in [4.78, 5) is 23.3. The lowest BCUT2D eigenvalue weighted by Crippen LogP contribution is -2.16. The number of fused-ring (bicyclic) bond motifs is 1. The zero-order valence-corrected chi connectivity index (χ0v) is 9.54. The number of ketones is 1. The SMILES string of the molecule is CC(=O)c1c(CF)oc2cc(C)ccc2c1=O. The van der Waals surface area contributed by atoms with Crippen LogP contribution in [0.5, 0.6) is 0 Å². The molecule has 2 rings (SSSR count). The van der Waals surface area contributed by atoms with Crippen molar-refractivity contribution in [3.8, 4) is 0 Å². The highest BCUT2D eigenvalue weighted by atomic mass is 19.1. The van der Waals surface area contributed by atoms with Crippen LogP contribution in [0.15, 0.2) is 27.4 Å². The van der Waals surface area contributed by atoms with Gasteiger partial charge in [-0.2, -0.15) is 0 Å². The van der Waals surface area contributed by atoms with Crippen molar-refractivity contribution >= 4 is 16.8 Å². The minimum Gasteiger partial charge on any atom is -0.457 e. The Labute approximate surface area is 96.9 Å². The van der Waals surface area contributed by atoms with Gasteiger partial charge in [-0.3, -0.25) is 9.59 Å². The lowest BCUT2D eigenvalue weighted by atomic mass is 10.1. The van der Waals surface area contributed by atoms with Crippen LogP contribution in [0.25, 0.3) is 11.0 Å². The number of carbonyl (C=O) groups is 1. The van der Waals surface area contributed by atoms with Gasteiger partial charge in [0, 0.05) is 0 Å². The molecule has 0 spiro atoms. The van der Waals surface area contributed by atoms with Crippen molar-refractivity contribution < 1.29 is 13.6 Å². The fourth-order valence-electron chi connectivity index (χ4n) is 1.80. The number of hydrogen-bond acceptors (Lipinski definition) is 3. The largest absolute Gasteiger partial charge is 0.457 e. The van der Waals surface area contributed by atoms with Gasteiger partial charge >= 0.3 is 0 Å². The molecule has 0 unspecified atom stereocenters. The molecule has 0 saturated carbocycles. The summed E-state index contributed by atoms with van der Waals surface area (Å²) in [5.74, 6) is -0.672. The predicted molar refractivity (Wildman–Crippen MR) is 62.0 cm³/mol. The normalized spacial score (nSPS) is 10.8. The molecule has 0 bridgehead atoms. The van der Waals surface area contributed by atoms with E-state index in [1.165, 1.54) is 6.92 Å². The van der Waals surface area contributed by atoms with Crippen LogP contribution in [0, 0.1) is 6.92 Å². The maximum absolute atomic E-state index is 12.8. The summed E-state index contributed by atoms with van der Waals surface area (Å²) in [6.07, 6.45) is 0. The van der Waals surface area contributed by atoms with Gasteiger partial charge in [-0.1, -0.05) is 6.07 Å². The van der Waals surface area contributed by atoms with E-state index >= 15 is 0 Å². The maximum Gasteiger partial charge on any atom is 0.203 e. The van der Waals surface area contributed by atoms with E-state index in [0.717, 1.165) is 5.56 Å². The molecule has 1 aromatic carbocycles. The molecule has 3 nitrogen and oxygen atoms in total. The monoisotopic (exact) mass is 234 g/mol. The van der Waals surface area contributed by atoms with Crippen molar-refractivity contribution in [1.82, 2.24) is 0 Å². The number of halogens is 1. The number of benzene rings is 1. The first kappa shape index (κ1) is 11.5. The van der Waals surface area contributed by atoms with Gasteiger partial charge in [0.1, 0.15) is 23.6 Å². The van der Waals surface area contributed by atoms with Crippen molar-refractivity contribution in [2.75, 3.05) is 0 Å². The number of alkyl halides is 1. The van der Waals surface area contributed by atoms with Gasteiger partial charge in [-0.15, -0.1) is 0 Å². The van der Waals surface area contributed by atoms with Crippen LogP contribution in [0.3, 0.4) is 0 Å². The van der Waals surface area contributed by atoms with E-state index in [1.54, 1.807) is 18.2 Å². The zero-order valence-electron chi connectivity index (χ0n) is 9.54. The molecule has 0 atom stereocenters. The van der Waals surface area contributed by atoms with Crippen molar-refractivity contribution in [1.29, 1.82) is 0 Å². The van der Waals surface area contributed by atoms with Gasteiger partial charge in [0.25, 0.3) is 0 Å². The minimum atomic E-state index is -0.964. The van der Waals surface area contributed by atoms with Gasteiger partial charge in [-0.05, 0) is 31.5 Å². The number of carbonyl (C=O) groups excluding carboxylic acids is 1. The van der Waals surface area contributed by atoms with Crippen LogP contribution in [0.2, 0.25) is 0 Å². The number of rotatable bonds is 2. The molecule has 1 aromatic heterocycles. The highest BCUT2D eigenvalue weighted by molar-refractivity contribution is 5.97. The predicted octanol–water partition coefficient (Wildman–Crippen LogP) is 2.77. The molecule has 0 aliphatic rings. The topological polar surface area (TPSA) is 47.3 Å². The summed E-state index contributed by atoms with van der Waals surface area (Å²) < 4.78 is 18.0. The summed E-state index contributed by atoms with van der Waals surface area (Å²) in [6, 6.07) is 4.99. The summed E-state index contributed by atoms with van der Waals surface area (Å²) in [5, 5.41) is 0.304. The fraction of sp³-hybridized carbons (Fsp3) is 0.231. The van der Waals surface area contributed by atoms with E-state index < -0.39 is 17.9 Å². The summed E-state index contributed by atoms with van der Waals surface area (Å²) in [5.41, 5.74) is 0.559. The Morgan fingerprint density at radius 2 is 2.12 bits per heavy atom. The van der Waals surface area contributed by atoms with E-state index in [1.807, 2.05) is 6.92 Å². The average molecular weight is 234 g/mol. The molecule has 0 N–H and O–H groups in total. The number of hydrogen-bond donors (Lipinski definition) is 0. The summed E-state index contributed by atoms with van der Waals surface area (Å²) in [6.45, 7) is 2.10. The molecule has 88 valence electrons. The van der Waals surface area contributed by atoms with E-state index in [0.29, 0.717) is 11.0 Å². The molecule has 2 aromatic rings. The Kier molecular flexibility index (Phi) is 2.79. The molecule has 0 fully saturated rings. The van der Waals surface area contributed by atoms with Gasteiger partial charge in [0.05, 0.1) is 5.39 Å². The Balaban J connectivity index is 2.93. The Morgan fingerprint density at radius 3 is 2.71 bits per heavy atom. The van der Waals surface area contributed by atoms with Crippen LogP contribution in [-0.4, -0.2) is 5.78 Å². The molecular weight excluding hydrogens is 223 g/mol. The first-order chi connectivity index (χ1) is 8.04. The second-order valence-electron chi connectivity index (χ2n) is 3.92. The third-order valence-corrected chi connectivity index (χ3v) is 2.59. The molecule has 17 heavy (non-hydrogen) atoms. The Hall–Kier alpha value is -1.97. The maximum atomic E-state index is 12.8. The van der Waals surface area contributed by atoms with Crippen molar-refractivity contribution in [3.63, 3.8) is 0 Å². The zero-order chi connectivity index (χ0) is 12.6. The number of aryl methyl sites for hydroxylation is 1. The molecule has 0 amide bonds. The van der Waals surface area contributed by atoms with Crippen LogP contribution in [-0.2, 0) is 6.67 Å². The highest BCUT2D eigenvalue weighted by Crippen LogP contribution is 2.18. The van der Waals surface area contributed by atoms with Gasteiger partial charge in [0.2, 0.25) is 5.43 Å². The van der Waals surface area contributed by atoms with E-state index in [-0.39, 0.29) is 11.3 Å². The lowest BCUT2D eigenvalue weighted by Gasteiger charge is -2.05. The smallest absolute Gasteiger partial charge is 0.203 e. The number of Topliss-reactive ketones (excluding diaryl/α,β-unsaturated/α-hetero) is 1. The average Bonchev–Trinajstić information content (AvgIpc) is 2.27. The molecule has 4 heteroatoms. The third kappa shape index (κ3) is 1.86. The van der Waals surface area contributed by atoms with Gasteiger partial charge in [0.15, 0.2) is 5.78 Å². The quantitative estimate of drug-likeness (QED) is 0.750. The molecule has 0 radical (unpaired) electrons. The Bertz CT molecular complexity index is 655. The molecule has 0 aliphatic carbocycles. The second kappa shape index (κ2) is 4.13. The third-order valence-electron chi connectivity index (χ3n) is 2.59. The van der Waals surface area contributed by atoms with E-state index in [2.05, 4.69) is 0 Å². The van der Waals surface area contributed by atoms with Crippen LogP contribution in [0.1, 0.15) is 28.6 Å². The van der Waals surface area contributed by atoms with Crippen molar-refractivity contribution in [3.05, 3.63) is 45.3 Å². The van der Waals surface area contributed by atoms with Crippen molar-refractivity contribution in [2.24, 2.45) is 0 Å². The standard InChI is InChI=1S/C13H11FO3/c1-7-3-4-9-10(5-7)17-11(6-14)12(8(2)15)13(9)16/h3-5H,6H2,1-2H3. The van der Waals surface area contributed by atoms with Crippen LogP contribution < -0.4 is 5.43 Å². The molecular formula is C13H11FO3. The first-order valence-electron chi connectivity index (χ1n) is 5.18. The minimum absolute atomic E-state index is 0.191. The fourth-order valence-corrected chi connectivity index (χ4v) is 1.80. The highest BCUT2D eigenvalue weighted by Gasteiger charge is 2.17. The lowest BCUT2D eigenvalue weighted by molar-refractivity contribution is 0.101. The molecule has 1 heterocycles. The van der Waals surface area contributed by atoms with Gasteiger partial charge in [-0.25, -0.2) is 4.39 Å². The Morgan fingerprint density at radius 1 is 1.41 bits per heavy atom. The first-order valence-corrected chi connectivity index (χ1v) is 5.18. The molecule has 0 aliphatic heterocycles. The van der Waals surface area contributed by atoms with Gasteiger partial charge < -0.3 is 4.42 Å². The molecule has 0 saturated heterocycles. The van der Waals surface area contributed by atoms with E-state index in [9.17, 15) is 14.0 Å². The van der Waals surface area contributed by atoms with Crippen molar-refractivity contribution in [2.45, 2.75) is 20.5 Å². The van der Waals surface area contributed by atoms with Crippen LogP contribution in [0.4, 0.5) is 4.39 Å². The van der Waals surface area contributed by atoms with E-state index in [4.69, 9.17) is 4.42 Å². The second-order valence-corrected chi connectivity index (χ2v) is 3.92.